The highest BCUT2D eigenvalue weighted by atomic mass is 16.5. The third kappa shape index (κ3) is 3.43. The molecule has 2 rings (SSSR count). The van der Waals surface area contributed by atoms with E-state index in [-0.39, 0.29) is 5.41 Å². The summed E-state index contributed by atoms with van der Waals surface area (Å²) in [6.45, 7) is 10.4. The minimum Gasteiger partial charge on any atom is -0.387 e. The van der Waals surface area contributed by atoms with Gasteiger partial charge in [0.2, 0.25) is 0 Å². The Bertz CT molecular complexity index is 281. The molecule has 0 aromatic rings. The first-order chi connectivity index (χ1) is 8.60. The lowest BCUT2D eigenvalue weighted by molar-refractivity contribution is 0.0307. The smallest absolute Gasteiger partial charge is 0.0966 e. The highest BCUT2D eigenvalue weighted by molar-refractivity contribution is 5.83. The molecule has 2 aliphatic heterocycles. The molecule has 2 fully saturated rings. The van der Waals surface area contributed by atoms with E-state index in [2.05, 4.69) is 16.7 Å². The maximum absolute atomic E-state index is 7.65. The number of amidine groups is 1. The molecule has 5 heteroatoms. The van der Waals surface area contributed by atoms with Gasteiger partial charge in [-0.2, -0.15) is 0 Å². The molecule has 5 nitrogen and oxygen atoms in total. The second-order valence-electron chi connectivity index (χ2n) is 5.77. The summed E-state index contributed by atoms with van der Waals surface area (Å²) in [4.78, 5) is 4.97. The first-order valence-electron chi connectivity index (χ1n) is 6.97. The van der Waals surface area contributed by atoms with Crippen molar-refractivity contribution in [2.45, 2.75) is 19.8 Å². The van der Waals surface area contributed by atoms with E-state index in [0.29, 0.717) is 5.84 Å². The first-order valence-corrected chi connectivity index (χ1v) is 6.97. The van der Waals surface area contributed by atoms with Gasteiger partial charge in [0.15, 0.2) is 0 Å². The van der Waals surface area contributed by atoms with Gasteiger partial charge in [0.05, 0.1) is 19.0 Å². The lowest BCUT2D eigenvalue weighted by Gasteiger charge is -2.39. The number of piperidine rings is 1. The SMILES string of the molecule is CC1(C(=N)N)CCN(CCN2CCOCC2)CC1. The van der Waals surface area contributed by atoms with Crippen molar-refractivity contribution in [1.29, 1.82) is 5.41 Å². The molecule has 3 N–H and O–H groups in total. The van der Waals surface area contributed by atoms with E-state index in [1.807, 2.05) is 0 Å². The van der Waals surface area contributed by atoms with Gasteiger partial charge in [-0.3, -0.25) is 10.3 Å². The number of likely N-dealkylation sites (tertiary alicyclic amines) is 1. The third-order valence-electron chi connectivity index (χ3n) is 4.45. The fourth-order valence-electron chi connectivity index (χ4n) is 2.65. The molecular weight excluding hydrogens is 228 g/mol. The van der Waals surface area contributed by atoms with Gasteiger partial charge in [-0.25, -0.2) is 0 Å². The van der Waals surface area contributed by atoms with Crippen LogP contribution in [0.1, 0.15) is 19.8 Å². The van der Waals surface area contributed by atoms with Crippen molar-refractivity contribution in [3.63, 3.8) is 0 Å². The number of nitrogens with one attached hydrogen (secondary N) is 1. The predicted octanol–water partition coefficient (Wildman–Crippen LogP) is 0.357. The lowest BCUT2D eigenvalue weighted by atomic mass is 9.79. The van der Waals surface area contributed by atoms with E-state index in [1.165, 1.54) is 0 Å². The highest BCUT2D eigenvalue weighted by Crippen LogP contribution is 2.30. The molecule has 0 spiro atoms. The summed E-state index contributed by atoms with van der Waals surface area (Å²) in [6.07, 6.45) is 2.04. The summed E-state index contributed by atoms with van der Waals surface area (Å²) in [7, 11) is 0. The number of rotatable bonds is 4. The van der Waals surface area contributed by atoms with Gasteiger partial charge in [-0.15, -0.1) is 0 Å². The van der Waals surface area contributed by atoms with Crippen molar-refractivity contribution in [3.05, 3.63) is 0 Å². The first kappa shape index (κ1) is 13.8. The molecule has 0 aromatic heterocycles. The van der Waals surface area contributed by atoms with Crippen LogP contribution in [0.3, 0.4) is 0 Å². The Labute approximate surface area is 110 Å². The van der Waals surface area contributed by atoms with Crippen LogP contribution < -0.4 is 5.73 Å². The van der Waals surface area contributed by atoms with E-state index < -0.39 is 0 Å². The topological polar surface area (TPSA) is 65.6 Å². The quantitative estimate of drug-likeness (QED) is 0.561. The summed E-state index contributed by atoms with van der Waals surface area (Å²) in [5, 5.41) is 7.65. The van der Waals surface area contributed by atoms with Crippen molar-refractivity contribution in [3.8, 4) is 0 Å². The Kier molecular flexibility index (Phi) is 4.59. The predicted molar refractivity (Wildman–Crippen MR) is 73.0 cm³/mol. The Balaban J connectivity index is 1.68. The van der Waals surface area contributed by atoms with Gasteiger partial charge in [-0.1, -0.05) is 6.92 Å². The Hall–Kier alpha value is -0.650. The standard InChI is InChI=1S/C13H26N4O/c1-13(12(14)15)2-4-16(5-3-13)6-7-17-8-10-18-11-9-17/h2-11H2,1H3,(H3,14,15). The summed E-state index contributed by atoms with van der Waals surface area (Å²) < 4.78 is 5.35. The Morgan fingerprint density at radius 2 is 1.61 bits per heavy atom. The van der Waals surface area contributed by atoms with Gasteiger partial charge in [0.25, 0.3) is 0 Å². The molecule has 2 saturated heterocycles. The van der Waals surface area contributed by atoms with Crippen LogP contribution in [0.5, 0.6) is 0 Å². The Morgan fingerprint density at radius 1 is 1.11 bits per heavy atom. The number of nitrogens with two attached hydrogens (primary N) is 1. The molecule has 18 heavy (non-hydrogen) atoms. The zero-order chi connectivity index (χ0) is 13.0. The van der Waals surface area contributed by atoms with Crippen molar-refractivity contribution in [2.24, 2.45) is 11.1 Å². The van der Waals surface area contributed by atoms with Crippen LogP contribution in [0.25, 0.3) is 0 Å². The number of ether oxygens (including phenoxy) is 1. The number of hydrogen-bond donors (Lipinski definition) is 2. The normalized spacial score (nSPS) is 26.1. The number of morpholine rings is 1. The van der Waals surface area contributed by atoms with Crippen LogP contribution in [-0.4, -0.2) is 68.1 Å². The third-order valence-corrected chi connectivity index (χ3v) is 4.45. The van der Waals surface area contributed by atoms with E-state index >= 15 is 0 Å². The maximum Gasteiger partial charge on any atom is 0.0966 e. The summed E-state index contributed by atoms with van der Waals surface area (Å²) in [5.74, 6) is 0.357. The molecule has 2 aliphatic rings. The van der Waals surface area contributed by atoms with Crippen molar-refractivity contribution >= 4 is 5.84 Å². The molecule has 0 aliphatic carbocycles. The summed E-state index contributed by atoms with van der Waals surface area (Å²) >= 11 is 0. The van der Waals surface area contributed by atoms with E-state index in [9.17, 15) is 0 Å². The van der Waals surface area contributed by atoms with Crippen molar-refractivity contribution in [2.75, 3.05) is 52.5 Å². The van der Waals surface area contributed by atoms with E-state index in [0.717, 1.165) is 65.3 Å². The fraction of sp³-hybridized carbons (Fsp3) is 0.923. The minimum atomic E-state index is -0.0601. The van der Waals surface area contributed by atoms with Gasteiger partial charge < -0.3 is 15.4 Å². The average molecular weight is 254 g/mol. The second-order valence-corrected chi connectivity index (χ2v) is 5.77. The van der Waals surface area contributed by atoms with E-state index in [4.69, 9.17) is 15.9 Å². The summed E-state index contributed by atoms with van der Waals surface area (Å²) in [5.41, 5.74) is 5.62. The molecule has 0 amide bonds. The van der Waals surface area contributed by atoms with Gasteiger partial charge in [0, 0.05) is 31.6 Å². The van der Waals surface area contributed by atoms with Gasteiger partial charge in [-0.05, 0) is 25.9 Å². The molecule has 0 unspecified atom stereocenters. The minimum absolute atomic E-state index is 0.0601. The maximum atomic E-state index is 7.65. The molecule has 0 saturated carbocycles. The Morgan fingerprint density at radius 3 is 2.11 bits per heavy atom. The zero-order valence-electron chi connectivity index (χ0n) is 11.5. The van der Waals surface area contributed by atoms with Crippen LogP contribution in [-0.2, 0) is 4.74 Å². The van der Waals surface area contributed by atoms with Crippen molar-refractivity contribution in [1.82, 2.24) is 9.80 Å². The van der Waals surface area contributed by atoms with Crippen LogP contribution in [0.4, 0.5) is 0 Å². The fourth-order valence-corrected chi connectivity index (χ4v) is 2.65. The van der Waals surface area contributed by atoms with Crippen LogP contribution in [0.15, 0.2) is 0 Å². The molecule has 0 radical (unpaired) electrons. The van der Waals surface area contributed by atoms with Gasteiger partial charge in [0.1, 0.15) is 0 Å². The molecule has 104 valence electrons. The lowest BCUT2D eigenvalue weighted by Crippen LogP contribution is -2.48. The van der Waals surface area contributed by atoms with Crippen LogP contribution in [0.2, 0.25) is 0 Å². The average Bonchev–Trinajstić information content (AvgIpc) is 2.39. The number of hydrogen-bond acceptors (Lipinski definition) is 4. The van der Waals surface area contributed by atoms with Gasteiger partial charge >= 0.3 is 0 Å². The van der Waals surface area contributed by atoms with E-state index in [1.54, 1.807) is 0 Å². The molecule has 2 heterocycles. The largest absolute Gasteiger partial charge is 0.387 e. The molecular formula is C13H26N4O. The zero-order valence-corrected chi connectivity index (χ0v) is 11.5. The summed E-state index contributed by atoms with van der Waals surface area (Å²) in [6, 6.07) is 0. The highest BCUT2D eigenvalue weighted by Gasteiger charge is 2.32. The molecule has 0 atom stereocenters. The monoisotopic (exact) mass is 254 g/mol. The molecule has 0 bridgehead atoms. The van der Waals surface area contributed by atoms with Crippen LogP contribution >= 0.6 is 0 Å². The second kappa shape index (κ2) is 5.99. The number of nitrogens with zero attached hydrogens (tertiary/aromatic N) is 2. The van der Waals surface area contributed by atoms with Crippen molar-refractivity contribution < 1.29 is 4.74 Å². The molecule has 0 aromatic carbocycles. The van der Waals surface area contributed by atoms with Crippen LogP contribution in [0, 0.1) is 10.8 Å².